The molecule has 3 N–H and O–H groups in total. The van der Waals surface area contributed by atoms with Gasteiger partial charge in [-0.2, -0.15) is 0 Å². The van der Waals surface area contributed by atoms with Gasteiger partial charge in [0.25, 0.3) is 0 Å². The molecule has 44 heavy (non-hydrogen) atoms. The number of nitrogens with one attached hydrogen (secondary N) is 2. The van der Waals surface area contributed by atoms with Crippen molar-refractivity contribution in [3.8, 4) is 0 Å². The van der Waals surface area contributed by atoms with Gasteiger partial charge in [-0.25, -0.2) is 4.79 Å². The third-order valence-corrected chi connectivity index (χ3v) is 9.40. The van der Waals surface area contributed by atoms with Gasteiger partial charge in [0, 0.05) is 24.3 Å². The summed E-state index contributed by atoms with van der Waals surface area (Å²) in [5, 5.41) is 24.4. The predicted octanol–water partition coefficient (Wildman–Crippen LogP) is 5.68. The highest BCUT2D eigenvalue weighted by molar-refractivity contribution is 8.01. The minimum Gasteiger partial charge on any atom is -0.392 e. The molecule has 9 nitrogen and oxygen atoms in total. The number of ether oxygens (including phenoxy) is 2. The molecule has 11 heteroatoms. The normalized spacial score (nSPS) is 18.8. The summed E-state index contributed by atoms with van der Waals surface area (Å²) in [5.74, 6) is 0.612. The summed E-state index contributed by atoms with van der Waals surface area (Å²) in [6, 6.07) is 24.2. The Hall–Kier alpha value is -3.61. The second kappa shape index (κ2) is 15.4. The monoisotopic (exact) mass is 632 g/mol. The molecule has 4 unspecified atom stereocenters. The highest BCUT2D eigenvalue weighted by Gasteiger charge is 2.32. The molecule has 0 saturated carbocycles. The predicted molar refractivity (Wildman–Crippen MR) is 170 cm³/mol. The van der Waals surface area contributed by atoms with E-state index in [-0.39, 0.29) is 24.6 Å². The molecule has 0 bridgehead atoms. The van der Waals surface area contributed by atoms with Crippen LogP contribution in [0.3, 0.4) is 0 Å². The molecule has 5 rings (SSSR count). The van der Waals surface area contributed by atoms with Crippen LogP contribution in [0.4, 0.5) is 4.79 Å². The second-order valence-electron chi connectivity index (χ2n) is 10.7. The maximum atomic E-state index is 12.6. The molecule has 1 saturated heterocycles. The van der Waals surface area contributed by atoms with Gasteiger partial charge in [-0.3, -0.25) is 4.79 Å². The Labute approximate surface area is 265 Å². The van der Waals surface area contributed by atoms with E-state index in [4.69, 9.17) is 9.47 Å². The number of rotatable bonds is 12. The molecule has 0 aliphatic carbocycles. The molecule has 3 aromatic carbocycles. The van der Waals surface area contributed by atoms with Crippen LogP contribution in [0.15, 0.2) is 83.2 Å². The number of aromatic nitrogens is 2. The lowest BCUT2D eigenvalue weighted by molar-refractivity contribution is -0.245. The molecule has 1 aromatic heterocycles. The molecule has 1 aliphatic heterocycles. The van der Waals surface area contributed by atoms with Gasteiger partial charge in [0.2, 0.25) is 0 Å². The average molecular weight is 633 g/mol. The van der Waals surface area contributed by atoms with Crippen LogP contribution in [0.1, 0.15) is 58.6 Å². The first-order valence-corrected chi connectivity index (χ1v) is 16.3. The first-order chi connectivity index (χ1) is 21.4. The number of carbonyl (C=O) groups is 2. The molecule has 2 heterocycles. The highest BCUT2D eigenvalue weighted by Crippen LogP contribution is 2.39. The number of aliphatic hydroxyl groups is 1. The lowest BCUT2D eigenvalue weighted by Crippen LogP contribution is -2.46. The van der Waals surface area contributed by atoms with E-state index >= 15 is 0 Å². The Morgan fingerprint density at radius 1 is 0.955 bits per heavy atom. The number of aryl methyl sites for hydroxylation is 1. The van der Waals surface area contributed by atoms with Gasteiger partial charge in [-0.05, 0) is 42.5 Å². The summed E-state index contributed by atoms with van der Waals surface area (Å²) in [6.45, 7) is 3.72. The van der Waals surface area contributed by atoms with Gasteiger partial charge in [-0.15, -0.1) is 10.2 Å². The Morgan fingerprint density at radius 3 is 2.32 bits per heavy atom. The van der Waals surface area contributed by atoms with E-state index in [1.807, 2.05) is 85.8 Å². The number of benzene rings is 3. The van der Waals surface area contributed by atoms with E-state index in [1.54, 1.807) is 23.1 Å². The molecule has 1 aliphatic rings. The number of urea groups is 1. The SMILES string of the molecule is CC(=O)C(Cc1ccccc1)NC(=O)NCc1ccc(C2OC(CSc3nnc(C)s3)CC(c3ccc(CO)cc3)O2)cc1. The number of hydrogen-bond acceptors (Lipinski definition) is 9. The third kappa shape index (κ3) is 8.96. The number of carbonyl (C=O) groups excluding carboxylic acids is 2. The summed E-state index contributed by atoms with van der Waals surface area (Å²) >= 11 is 3.20. The number of nitrogens with zero attached hydrogens (tertiary/aromatic N) is 2. The van der Waals surface area contributed by atoms with E-state index in [0.717, 1.165) is 37.2 Å². The van der Waals surface area contributed by atoms with Crippen molar-refractivity contribution in [2.75, 3.05) is 5.75 Å². The topological polar surface area (TPSA) is 123 Å². The molecule has 1 fully saturated rings. The quantitative estimate of drug-likeness (QED) is 0.171. The number of hydrogen-bond donors (Lipinski definition) is 3. The number of aliphatic hydroxyl groups excluding tert-OH is 1. The van der Waals surface area contributed by atoms with Crippen LogP contribution < -0.4 is 10.6 Å². The van der Waals surface area contributed by atoms with E-state index in [2.05, 4.69) is 20.8 Å². The first-order valence-electron chi connectivity index (χ1n) is 14.5. The molecule has 2 amide bonds. The number of thioether (sulfide) groups is 1. The Balaban J connectivity index is 1.20. The summed E-state index contributed by atoms with van der Waals surface area (Å²) < 4.78 is 13.8. The van der Waals surface area contributed by atoms with E-state index < -0.39 is 18.4 Å². The second-order valence-corrected chi connectivity index (χ2v) is 13.1. The van der Waals surface area contributed by atoms with Crippen LogP contribution in [0.25, 0.3) is 0 Å². The lowest BCUT2D eigenvalue weighted by atomic mass is 10.0. The van der Waals surface area contributed by atoms with Crippen molar-refractivity contribution in [3.63, 3.8) is 0 Å². The van der Waals surface area contributed by atoms with Crippen molar-refractivity contribution in [1.29, 1.82) is 0 Å². The highest BCUT2D eigenvalue weighted by atomic mass is 32.2. The summed E-state index contributed by atoms with van der Waals surface area (Å²) in [5.41, 5.74) is 4.63. The van der Waals surface area contributed by atoms with Crippen LogP contribution in [0.5, 0.6) is 0 Å². The zero-order valence-corrected chi connectivity index (χ0v) is 26.3. The fraction of sp³-hybridized carbons (Fsp3) is 0.333. The fourth-order valence-electron chi connectivity index (χ4n) is 4.85. The number of amides is 2. The summed E-state index contributed by atoms with van der Waals surface area (Å²) in [6.07, 6.45) is 0.279. The van der Waals surface area contributed by atoms with Gasteiger partial charge >= 0.3 is 6.03 Å². The number of ketones is 1. The molecule has 0 radical (unpaired) electrons. The zero-order chi connectivity index (χ0) is 30.9. The molecule has 230 valence electrons. The largest absolute Gasteiger partial charge is 0.392 e. The smallest absolute Gasteiger partial charge is 0.315 e. The Bertz CT molecular complexity index is 1520. The van der Waals surface area contributed by atoms with Crippen molar-refractivity contribution in [2.45, 2.75) is 68.7 Å². The zero-order valence-electron chi connectivity index (χ0n) is 24.6. The van der Waals surface area contributed by atoms with Crippen LogP contribution >= 0.6 is 23.1 Å². The Morgan fingerprint density at radius 2 is 1.66 bits per heavy atom. The minimum absolute atomic E-state index is 0.00800. The van der Waals surface area contributed by atoms with E-state index in [9.17, 15) is 14.7 Å². The van der Waals surface area contributed by atoms with Crippen molar-refractivity contribution in [2.24, 2.45) is 0 Å². The van der Waals surface area contributed by atoms with Gasteiger partial charge < -0.3 is 25.2 Å². The standard InChI is InChI=1S/C33H36N4O5S2/c1-21(39)29(16-23-6-4-3-5-7-23)35-32(40)34-18-24-8-14-27(15-9-24)31-41-28(20-43-33-37-36-22(2)44-33)17-30(42-31)26-12-10-25(19-38)11-13-26/h3-15,28-31,38H,16-20H2,1-2H3,(H2,34,35,40). The van der Waals surface area contributed by atoms with E-state index in [0.29, 0.717) is 25.1 Å². The van der Waals surface area contributed by atoms with Crippen LogP contribution in [-0.2, 0) is 33.8 Å². The molecule has 0 spiro atoms. The molecular formula is C33H36N4O5S2. The fourth-order valence-corrected chi connectivity index (χ4v) is 6.71. The average Bonchev–Trinajstić information content (AvgIpc) is 3.48. The van der Waals surface area contributed by atoms with Crippen molar-refractivity contribution >= 4 is 34.9 Å². The summed E-state index contributed by atoms with van der Waals surface area (Å²) in [7, 11) is 0. The molecule has 4 atom stereocenters. The van der Waals surface area contributed by atoms with Crippen LogP contribution in [-0.4, -0.2) is 45.0 Å². The first kappa shape index (κ1) is 31.8. The number of Topliss-reactive ketones (excluding diaryl/α,β-unsaturated/α-hetero) is 1. The van der Waals surface area contributed by atoms with Gasteiger partial charge in [0.05, 0.1) is 24.9 Å². The molecule has 4 aromatic rings. The van der Waals surface area contributed by atoms with E-state index in [1.165, 1.54) is 6.92 Å². The van der Waals surface area contributed by atoms with Gasteiger partial charge in [0.1, 0.15) is 5.01 Å². The van der Waals surface area contributed by atoms with Gasteiger partial charge in [0.15, 0.2) is 16.4 Å². The van der Waals surface area contributed by atoms with Gasteiger partial charge in [-0.1, -0.05) is 102 Å². The minimum atomic E-state index is -0.602. The molecular weight excluding hydrogens is 597 g/mol. The van der Waals surface area contributed by atoms with Crippen molar-refractivity contribution in [3.05, 3.63) is 112 Å². The lowest BCUT2D eigenvalue weighted by Gasteiger charge is -2.36. The maximum Gasteiger partial charge on any atom is 0.315 e. The van der Waals surface area contributed by atoms with Crippen molar-refractivity contribution < 1.29 is 24.2 Å². The third-order valence-electron chi connectivity index (χ3n) is 7.30. The maximum absolute atomic E-state index is 12.6. The Kier molecular flexibility index (Phi) is 11.1. The van der Waals surface area contributed by atoms with Crippen LogP contribution in [0, 0.1) is 6.92 Å². The van der Waals surface area contributed by atoms with Crippen LogP contribution in [0.2, 0.25) is 0 Å². The summed E-state index contributed by atoms with van der Waals surface area (Å²) in [4.78, 5) is 24.8. The van der Waals surface area contributed by atoms with Crippen molar-refractivity contribution in [1.82, 2.24) is 20.8 Å².